The van der Waals surface area contributed by atoms with Gasteiger partial charge in [0.15, 0.2) is 5.65 Å². The molecule has 8 heteroatoms. The molecule has 2 aliphatic carbocycles. The quantitative estimate of drug-likeness (QED) is 0.492. The van der Waals surface area contributed by atoms with Gasteiger partial charge < -0.3 is 16.4 Å². The highest BCUT2D eigenvalue weighted by atomic mass is 16.1. The minimum Gasteiger partial charge on any atom is -0.366 e. The van der Waals surface area contributed by atoms with Gasteiger partial charge in [-0.05, 0) is 87.3 Å². The number of nitrogens with zero attached hydrogens (tertiary/aromatic N) is 4. The van der Waals surface area contributed by atoms with E-state index in [9.17, 15) is 4.79 Å². The topological polar surface area (TPSA) is 110 Å². The number of nitrogens with one attached hydrogen (secondary N) is 2. The van der Waals surface area contributed by atoms with Crippen molar-refractivity contribution < 1.29 is 4.79 Å². The van der Waals surface area contributed by atoms with Gasteiger partial charge in [-0.15, -0.1) is 0 Å². The smallest absolute Gasteiger partial charge is 0.256 e. The van der Waals surface area contributed by atoms with Crippen LogP contribution in [-0.4, -0.2) is 37.6 Å². The Labute approximate surface area is 200 Å². The van der Waals surface area contributed by atoms with Gasteiger partial charge in [0.25, 0.3) is 5.91 Å². The number of carbonyl (C=O) groups is 1. The average molecular weight is 462 g/mol. The molecule has 0 radical (unpaired) electrons. The average Bonchev–Trinajstić information content (AvgIpc) is 3.29. The fourth-order valence-corrected chi connectivity index (χ4v) is 5.52. The third-order valence-corrected chi connectivity index (χ3v) is 7.55. The summed E-state index contributed by atoms with van der Waals surface area (Å²) in [6.45, 7) is 0.615. The largest absolute Gasteiger partial charge is 0.366 e. The number of fused-ring (bicyclic) bond motifs is 1. The Morgan fingerprint density at radius 3 is 2.53 bits per heavy atom. The van der Waals surface area contributed by atoms with Crippen LogP contribution in [0, 0.1) is 11.8 Å². The van der Waals surface area contributed by atoms with E-state index in [2.05, 4.69) is 25.7 Å². The highest BCUT2D eigenvalue weighted by Gasteiger charge is 2.27. The Bertz CT molecular complexity index is 1080. The molecule has 2 aliphatic rings. The van der Waals surface area contributed by atoms with Crippen molar-refractivity contribution in [2.75, 3.05) is 5.32 Å². The highest BCUT2D eigenvalue weighted by Crippen LogP contribution is 2.35. The number of rotatable bonds is 7. The second-order valence-corrected chi connectivity index (χ2v) is 10.1. The molecule has 180 valence electrons. The highest BCUT2D eigenvalue weighted by molar-refractivity contribution is 5.99. The first kappa shape index (κ1) is 22.8. The Kier molecular flexibility index (Phi) is 7.04. The predicted octanol–water partition coefficient (Wildman–Crippen LogP) is 3.93. The number of hydrogen-bond donors (Lipinski definition) is 3. The van der Waals surface area contributed by atoms with Gasteiger partial charge in [0.2, 0.25) is 0 Å². The van der Waals surface area contributed by atoms with Crippen LogP contribution < -0.4 is 16.4 Å². The van der Waals surface area contributed by atoms with Crippen molar-refractivity contribution in [2.24, 2.45) is 17.6 Å². The van der Waals surface area contributed by atoms with Gasteiger partial charge in [-0.3, -0.25) is 9.78 Å². The number of pyridine rings is 1. The maximum atomic E-state index is 13.1. The van der Waals surface area contributed by atoms with Crippen molar-refractivity contribution in [3.05, 3.63) is 54.1 Å². The van der Waals surface area contributed by atoms with E-state index >= 15 is 0 Å². The monoisotopic (exact) mass is 461 g/mol. The molecule has 3 aromatic heterocycles. The molecule has 0 aliphatic heterocycles. The molecule has 3 heterocycles. The molecule has 3 aromatic rings. The Morgan fingerprint density at radius 1 is 1.03 bits per heavy atom. The van der Waals surface area contributed by atoms with Crippen LogP contribution in [0.2, 0.25) is 0 Å². The van der Waals surface area contributed by atoms with E-state index < -0.39 is 0 Å². The summed E-state index contributed by atoms with van der Waals surface area (Å²) in [5.74, 6) is 2.26. The van der Waals surface area contributed by atoms with E-state index in [0.29, 0.717) is 29.6 Å². The number of amides is 1. The second-order valence-electron chi connectivity index (χ2n) is 10.1. The van der Waals surface area contributed by atoms with Crippen molar-refractivity contribution >= 4 is 17.4 Å². The van der Waals surface area contributed by atoms with Crippen molar-refractivity contribution in [1.29, 1.82) is 0 Å². The van der Waals surface area contributed by atoms with E-state index in [1.807, 2.05) is 30.6 Å². The van der Waals surface area contributed by atoms with E-state index in [1.54, 1.807) is 16.9 Å². The lowest BCUT2D eigenvalue weighted by molar-refractivity contribution is 0.0920. The van der Waals surface area contributed by atoms with Crippen LogP contribution in [0.3, 0.4) is 0 Å². The molecule has 4 N–H and O–H groups in total. The predicted molar refractivity (Wildman–Crippen MR) is 132 cm³/mol. The molecule has 8 nitrogen and oxygen atoms in total. The minimum absolute atomic E-state index is 0.0865. The van der Waals surface area contributed by atoms with Gasteiger partial charge in [0.1, 0.15) is 11.4 Å². The van der Waals surface area contributed by atoms with Crippen molar-refractivity contribution in [3.8, 4) is 0 Å². The summed E-state index contributed by atoms with van der Waals surface area (Å²) in [7, 11) is 0. The minimum atomic E-state index is -0.0865. The third-order valence-electron chi connectivity index (χ3n) is 7.55. The van der Waals surface area contributed by atoms with Crippen molar-refractivity contribution in [3.63, 3.8) is 0 Å². The fourth-order valence-electron chi connectivity index (χ4n) is 5.52. The molecular weight excluding hydrogens is 426 g/mol. The molecule has 0 bridgehead atoms. The normalized spacial score (nSPS) is 25.2. The molecule has 1 amide bonds. The summed E-state index contributed by atoms with van der Waals surface area (Å²) < 4.78 is 1.65. The Hall–Kier alpha value is -3.00. The summed E-state index contributed by atoms with van der Waals surface area (Å²) in [6, 6.07) is 6.43. The maximum Gasteiger partial charge on any atom is 0.256 e. The maximum absolute atomic E-state index is 13.1. The van der Waals surface area contributed by atoms with E-state index in [0.717, 1.165) is 30.2 Å². The Balaban J connectivity index is 1.15. The molecule has 5 rings (SSSR count). The summed E-state index contributed by atoms with van der Waals surface area (Å²) >= 11 is 0. The van der Waals surface area contributed by atoms with Crippen LogP contribution in [0.1, 0.15) is 73.7 Å². The van der Waals surface area contributed by atoms with Crippen molar-refractivity contribution in [1.82, 2.24) is 24.9 Å². The first-order valence-corrected chi connectivity index (χ1v) is 12.7. The zero-order valence-corrected chi connectivity index (χ0v) is 19.7. The zero-order valence-electron chi connectivity index (χ0n) is 19.7. The van der Waals surface area contributed by atoms with Crippen LogP contribution in [0.5, 0.6) is 0 Å². The number of carbonyl (C=O) groups excluding carboxylic acids is 1. The summed E-state index contributed by atoms with van der Waals surface area (Å²) in [5.41, 5.74) is 8.21. The molecule has 2 saturated carbocycles. The van der Waals surface area contributed by atoms with Gasteiger partial charge in [-0.1, -0.05) is 6.07 Å². The van der Waals surface area contributed by atoms with Crippen molar-refractivity contribution in [2.45, 2.75) is 76.4 Å². The van der Waals surface area contributed by atoms with Gasteiger partial charge in [0.05, 0.1) is 6.20 Å². The lowest BCUT2D eigenvalue weighted by atomic mass is 9.76. The zero-order chi connectivity index (χ0) is 23.3. The molecule has 0 unspecified atom stereocenters. The van der Waals surface area contributed by atoms with Crippen LogP contribution in [0.4, 0.5) is 5.82 Å². The first-order chi connectivity index (χ1) is 16.6. The van der Waals surface area contributed by atoms with Crippen LogP contribution in [0.25, 0.3) is 5.65 Å². The standard InChI is InChI=1S/C26H35N7O/c27-21-7-3-18(4-8-21)14-19-5-9-22(10-6-19)31-26(34)23-17-30-33-13-11-24(32-25(23)33)29-16-20-2-1-12-28-15-20/h1-2,11-13,15,17-19,21-22H,3-10,14,16,27H2,(H,29,32)(H,31,34)/t18-,19?,21-,22?. The molecule has 0 aromatic carbocycles. The van der Waals surface area contributed by atoms with Crippen LogP contribution >= 0.6 is 0 Å². The van der Waals surface area contributed by atoms with Gasteiger partial charge >= 0.3 is 0 Å². The fraction of sp³-hybridized carbons (Fsp3) is 0.538. The Morgan fingerprint density at radius 2 is 1.79 bits per heavy atom. The van der Waals surface area contributed by atoms with E-state index in [-0.39, 0.29) is 11.9 Å². The number of hydrogen-bond acceptors (Lipinski definition) is 6. The van der Waals surface area contributed by atoms with E-state index in [1.165, 1.54) is 44.9 Å². The van der Waals surface area contributed by atoms with Crippen LogP contribution in [-0.2, 0) is 6.54 Å². The summed E-state index contributed by atoms with van der Waals surface area (Å²) in [5, 5.41) is 10.9. The third kappa shape index (κ3) is 5.55. The molecule has 0 spiro atoms. The molecular formula is C26H35N7O. The molecule has 0 saturated heterocycles. The number of anilines is 1. The molecule has 34 heavy (non-hydrogen) atoms. The second kappa shape index (κ2) is 10.5. The van der Waals surface area contributed by atoms with Crippen LogP contribution in [0.15, 0.2) is 43.0 Å². The van der Waals surface area contributed by atoms with E-state index in [4.69, 9.17) is 5.73 Å². The summed E-state index contributed by atoms with van der Waals surface area (Å²) in [6.07, 6.45) is 17.8. The number of aromatic nitrogens is 4. The first-order valence-electron chi connectivity index (χ1n) is 12.7. The molecule has 0 atom stereocenters. The van der Waals surface area contributed by atoms with Gasteiger partial charge in [-0.2, -0.15) is 5.10 Å². The SMILES string of the molecule is N[C@H]1CC[C@H](CC2CCC(NC(=O)c3cnn4ccc(NCc5cccnc5)nc34)CC2)CC1. The lowest BCUT2D eigenvalue weighted by Crippen LogP contribution is -2.38. The van der Waals surface area contributed by atoms with Gasteiger partial charge in [-0.25, -0.2) is 9.50 Å². The number of nitrogens with two attached hydrogens (primary N) is 1. The lowest BCUT2D eigenvalue weighted by Gasteiger charge is -2.33. The molecule has 2 fully saturated rings. The summed E-state index contributed by atoms with van der Waals surface area (Å²) in [4.78, 5) is 21.8. The van der Waals surface area contributed by atoms with Gasteiger partial charge in [0, 0.05) is 37.2 Å².